The average molecular weight is 371 g/mol. The molecular formula is C20H21NO6. The molecule has 0 aliphatic carbocycles. The van der Waals surface area contributed by atoms with E-state index in [2.05, 4.69) is 0 Å². The van der Waals surface area contributed by atoms with Crippen molar-refractivity contribution in [1.82, 2.24) is 0 Å². The first kappa shape index (κ1) is 18.7. The number of nitro groups is 1. The highest BCUT2D eigenvalue weighted by molar-refractivity contribution is 6.03. The molecule has 1 aliphatic heterocycles. The van der Waals surface area contributed by atoms with Gasteiger partial charge in [0, 0.05) is 11.6 Å². The van der Waals surface area contributed by atoms with Crippen LogP contribution in [0.15, 0.2) is 24.3 Å². The molecule has 7 heteroatoms. The topological polar surface area (TPSA) is 98.9 Å². The Morgan fingerprint density at radius 2 is 1.96 bits per heavy atom. The molecule has 0 saturated heterocycles. The first-order chi connectivity index (χ1) is 12.6. The van der Waals surface area contributed by atoms with Crippen molar-refractivity contribution < 1.29 is 24.3 Å². The normalized spacial score (nSPS) is 18.6. The molecule has 1 unspecified atom stereocenters. The SMILES string of the molecule is Cc1c(C)c2c(c(C)c1O)C(=O)CC(C)(COc1cccc([N+](=O)[O-])c1)O2. The minimum absolute atomic E-state index is 0.0533. The Morgan fingerprint density at radius 1 is 1.26 bits per heavy atom. The Kier molecular flexibility index (Phi) is 4.55. The second kappa shape index (κ2) is 6.57. The number of ketones is 1. The van der Waals surface area contributed by atoms with Crippen LogP contribution in [0.1, 0.15) is 40.4 Å². The number of non-ortho nitro benzene ring substituents is 1. The summed E-state index contributed by atoms with van der Waals surface area (Å²) in [5.41, 5.74) is 1.31. The molecule has 0 amide bonds. The number of nitro benzene ring substituents is 1. The smallest absolute Gasteiger partial charge is 0.273 e. The van der Waals surface area contributed by atoms with Gasteiger partial charge in [-0.15, -0.1) is 0 Å². The molecule has 27 heavy (non-hydrogen) atoms. The maximum Gasteiger partial charge on any atom is 0.273 e. The molecule has 1 atom stereocenters. The lowest BCUT2D eigenvalue weighted by Crippen LogP contribution is -2.44. The van der Waals surface area contributed by atoms with Crippen molar-refractivity contribution in [2.24, 2.45) is 0 Å². The fourth-order valence-electron chi connectivity index (χ4n) is 3.28. The molecule has 1 N–H and O–H groups in total. The minimum Gasteiger partial charge on any atom is -0.507 e. The lowest BCUT2D eigenvalue weighted by atomic mass is 9.86. The van der Waals surface area contributed by atoms with Crippen LogP contribution in [0.4, 0.5) is 5.69 Å². The summed E-state index contributed by atoms with van der Waals surface area (Å²) in [4.78, 5) is 23.2. The van der Waals surface area contributed by atoms with Gasteiger partial charge < -0.3 is 14.6 Å². The Balaban J connectivity index is 1.88. The van der Waals surface area contributed by atoms with E-state index in [4.69, 9.17) is 9.47 Å². The van der Waals surface area contributed by atoms with Crippen LogP contribution < -0.4 is 9.47 Å². The van der Waals surface area contributed by atoms with Crippen molar-refractivity contribution in [2.75, 3.05) is 6.61 Å². The van der Waals surface area contributed by atoms with Gasteiger partial charge in [0.15, 0.2) is 5.78 Å². The second-order valence-corrected chi connectivity index (χ2v) is 7.12. The van der Waals surface area contributed by atoms with Gasteiger partial charge in [0.2, 0.25) is 0 Å². The van der Waals surface area contributed by atoms with Gasteiger partial charge in [-0.2, -0.15) is 0 Å². The summed E-state index contributed by atoms with van der Waals surface area (Å²) in [6.07, 6.45) is 0.0811. The lowest BCUT2D eigenvalue weighted by Gasteiger charge is -2.36. The van der Waals surface area contributed by atoms with E-state index in [0.29, 0.717) is 33.8 Å². The molecule has 0 aromatic heterocycles. The van der Waals surface area contributed by atoms with E-state index in [9.17, 15) is 20.0 Å². The zero-order valence-electron chi connectivity index (χ0n) is 15.7. The number of fused-ring (bicyclic) bond motifs is 1. The molecule has 142 valence electrons. The van der Waals surface area contributed by atoms with E-state index in [1.807, 2.05) is 0 Å². The van der Waals surface area contributed by atoms with Crippen LogP contribution in [-0.4, -0.2) is 28.0 Å². The lowest BCUT2D eigenvalue weighted by molar-refractivity contribution is -0.384. The molecule has 0 saturated carbocycles. The number of benzene rings is 2. The molecule has 0 radical (unpaired) electrons. The monoisotopic (exact) mass is 371 g/mol. The first-order valence-corrected chi connectivity index (χ1v) is 8.55. The summed E-state index contributed by atoms with van der Waals surface area (Å²) in [6.45, 7) is 7.09. The number of hydrogen-bond acceptors (Lipinski definition) is 6. The Labute approximate surface area is 156 Å². The number of hydrogen-bond donors (Lipinski definition) is 1. The molecule has 1 aliphatic rings. The van der Waals surface area contributed by atoms with Crippen molar-refractivity contribution in [2.45, 2.75) is 39.7 Å². The van der Waals surface area contributed by atoms with E-state index >= 15 is 0 Å². The van der Waals surface area contributed by atoms with Crippen LogP contribution in [0.25, 0.3) is 0 Å². The van der Waals surface area contributed by atoms with Gasteiger partial charge >= 0.3 is 0 Å². The largest absolute Gasteiger partial charge is 0.507 e. The second-order valence-electron chi connectivity index (χ2n) is 7.12. The predicted octanol–water partition coefficient (Wildman–Crippen LogP) is 4.03. The fraction of sp³-hybridized carbons (Fsp3) is 0.350. The van der Waals surface area contributed by atoms with Gasteiger partial charge in [-0.3, -0.25) is 14.9 Å². The van der Waals surface area contributed by atoms with E-state index in [0.717, 1.165) is 0 Å². The summed E-state index contributed by atoms with van der Waals surface area (Å²) < 4.78 is 11.8. The van der Waals surface area contributed by atoms with Gasteiger partial charge in [0.05, 0.1) is 23.0 Å². The van der Waals surface area contributed by atoms with Gasteiger partial charge in [-0.1, -0.05) is 6.07 Å². The quantitative estimate of drug-likeness (QED) is 0.643. The third-order valence-corrected chi connectivity index (χ3v) is 4.95. The van der Waals surface area contributed by atoms with Crippen LogP contribution >= 0.6 is 0 Å². The Bertz CT molecular complexity index is 952. The number of phenolic OH excluding ortho intramolecular Hbond substituents is 1. The van der Waals surface area contributed by atoms with Gasteiger partial charge in [-0.05, 0) is 44.9 Å². The third kappa shape index (κ3) is 3.32. The zero-order chi connectivity index (χ0) is 19.9. The molecule has 2 aromatic rings. The Morgan fingerprint density at radius 3 is 2.63 bits per heavy atom. The number of carbonyl (C=O) groups excluding carboxylic acids is 1. The highest BCUT2D eigenvalue weighted by Gasteiger charge is 2.40. The van der Waals surface area contributed by atoms with Crippen molar-refractivity contribution in [3.8, 4) is 17.2 Å². The number of rotatable bonds is 4. The minimum atomic E-state index is -0.921. The van der Waals surface area contributed by atoms with Crippen molar-refractivity contribution in [1.29, 1.82) is 0 Å². The van der Waals surface area contributed by atoms with Gasteiger partial charge in [0.25, 0.3) is 5.69 Å². The van der Waals surface area contributed by atoms with Gasteiger partial charge in [-0.25, -0.2) is 0 Å². The summed E-state index contributed by atoms with van der Waals surface area (Å²) in [6, 6.07) is 5.87. The van der Waals surface area contributed by atoms with Crippen molar-refractivity contribution >= 4 is 11.5 Å². The van der Waals surface area contributed by atoms with Crippen LogP contribution in [0, 0.1) is 30.9 Å². The summed E-state index contributed by atoms with van der Waals surface area (Å²) >= 11 is 0. The predicted molar refractivity (Wildman–Crippen MR) is 98.9 cm³/mol. The zero-order valence-corrected chi connectivity index (χ0v) is 15.7. The van der Waals surface area contributed by atoms with Crippen molar-refractivity contribution in [3.63, 3.8) is 0 Å². The number of phenols is 1. The summed E-state index contributed by atoms with van der Waals surface area (Å²) in [5.74, 6) is 0.781. The molecule has 7 nitrogen and oxygen atoms in total. The fourth-order valence-corrected chi connectivity index (χ4v) is 3.28. The Hall–Kier alpha value is -3.09. The van der Waals surface area contributed by atoms with Crippen molar-refractivity contribution in [3.05, 3.63) is 56.6 Å². The molecule has 0 fully saturated rings. The number of carbonyl (C=O) groups is 1. The molecule has 3 rings (SSSR count). The van der Waals surface area contributed by atoms with Crippen LogP contribution in [0.5, 0.6) is 17.2 Å². The number of nitrogens with zero attached hydrogens (tertiary/aromatic N) is 1. The highest BCUT2D eigenvalue weighted by atomic mass is 16.6. The van der Waals surface area contributed by atoms with Crippen LogP contribution in [0.2, 0.25) is 0 Å². The van der Waals surface area contributed by atoms with Crippen LogP contribution in [0.3, 0.4) is 0 Å². The summed E-state index contributed by atoms with van der Waals surface area (Å²) in [5, 5.41) is 21.1. The summed E-state index contributed by atoms with van der Waals surface area (Å²) in [7, 11) is 0. The first-order valence-electron chi connectivity index (χ1n) is 8.55. The number of aromatic hydroxyl groups is 1. The molecular weight excluding hydrogens is 350 g/mol. The standard InChI is InChI=1S/C20H21NO6/c1-11-12(2)19-17(13(3)18(11)23)16(22)9-20(4,27-19)10-26-15-7-5-6-14(8-15)21(24)25/h5-8,23H,9-10H2,1-4H3. The van der Waals surface area contributed by atoms with Crippen LogP contribution in [-0.2, 0) is 0 Å². The van der Waals surface area contributed by atoms with Gasteiger partial charge in [0.1, 0.15) is 29.5 Å². The number of ether oxygens (including phenoxy) is 2. The molecule has 0 spiro atoms. The van der Waals surface area contributed by atoms with E-state index in [1.54, 1.807) is 33.8 Å². The van der Waals surface area contributed by atoms with E-state index in [-0.39, 0.29) is 30.2 Å². The van der Waals surface area contributed by atoms with E-state index in [1.165, 1.54) is 18.2 Å². The average Bonchev–Trinajstić information content (AvgIpc) is 2.63. The van der Waals surface area contributed by atoms with E-state index < -0.39 is 10.5 Å². The molecule has 1 heterocycles. The maximum absolute atomic E-state index is 12.8. The molecule has 0 bridgehead atoms. The highest BCUT2D eigenvalue weighted by Crippen LogP contribution is 2.43. The maximum atomic E-state index is 12.8. The molecule has 2 aromatic carbocycles. The third-order valence-electron chi connectivity index (χ3n) is 4.95. The number of Topliss-reactive ketones (excluding diaryl/α,β-unsaturated/α-hetero) is 1.